The van der Waals surface area contributed by atoms with E-state index in [-0.39, 0.29) is 22.2 Å². The molecule has 27 heavy (non-hydrogen) atoms. The van der Waals surface area contributed by atoms with Crippen molar-refractivity contribution in [1.82, 2.24) is 5.32 Å². The molecule has 0 aliphatic carbocycles. The highest BCUT2D eigenvalue weighted by atomic mass is 32.2. The minimum absolute atomic E-state index is 0.00886. The Labute approximate surface area is 163 Å². The number of nitro benzene ring substituents is 1. The standard InChI is InChI=1S/C16H10N2O6S3/c19-15-14(26-16(25)17-15)9-10-3-1-2-4-13(10)24-27(22,23)12-7-5-11(6-8-12)18(20)21/h1-9H,(H,17,19,25)/b14-9-. The van der Waals surface area contributed by atoms with Gasteiger partial charge in [0, 0.05) is 17.7 Å². The lowest BCUT2D eigenvalue weighted by Gasteiger charge is -2.09. The predicted octanol–water partition coefficient (Wildman–Crippen LogP) is 2.85. The van der Waals surface area contributed by atoms with Gasteiger partial charge in [0.25, 0.3) is 11.6 Å². The number of rotatable bonds is 5. The lowest BCUT2D eigenvalue weighted by molar-refractivity contribution is -0.384. The molecule has 1 heterocycles. The average Bonchev–Trinajstić information content (AvgIpc) is 2.93. The number of nitrogens with one attached hydrogen (secondary N) is 1. The Balaban J connectivity index is 1.91. The Morgan fingerprint density at radius 1 is 1.15 bits per heavy atom. The van der Waals surface area contributed by atoms with Crippen molar-refractivity contribution in [2.75, 3.05) is 0 Å². The second kappa shape index (κ2) is 7.47. The van der Waals surface area contributed by atoms with Crippen LogP contribution in [0.2, 0.25) is 0 Å². The number of non-ortho nitro benzene ring substituents is 1. The molecule has 0 atom stereocenters. The number of benzene rings is 2. The second-order valence-electron chi connectivity index (χ2n) is 5.18. The Bertz CT molecular complexity index is 1080. The van der Waals surface area contributed by atoms with Gasteiger partial charge in [-0.25, -0.2) is 0 Å². The van der Waals surface area contributed by atoms with Crippen LogP contribution in [0, 0.1) is 10.1 Å². The highest BCUT2D eigenvalue weighted by Crippen LogP contribution is 2.30. The molecule has 0 saturated carbocycles. The van der Waals surface area contributed by atoms with Crippen LogP contribution in [0.4, 0.5) is 5.69 Å². The monoisotopic (exact) mass is 422 g/mol. The van der Waals surface area contributed by atoms with E-state index in [0.29, 0.717) is 14.8 Å². The van der Waals surface area contributed by atoms with Crippen LogP contribution in [0.3, 0.4) is 0 Å². The van der Waals surface area contributed by atoms with E-state index in [9.17, 15) is 23.3 Å². The van der Waals surface area contributed by atoms with Gasteiger partial charge in [0.1, 0.15) is 15.0 Å². The summed E-state index contributed by atoms with van der Waals surface area (Å²) in [4.78, 5) is 21.9. The number of amides is 1. The molecule has 8 nitrogen and oxygen atoms in total. The number of hydrogen-bond donors (Lipinski definition) is 1. The van der Waals surface area contributed by atoms with Crippen LogP contribution in [0.1, 0.15) is 5.56 Å². The minimum atomic E-state index is -4.22. The number of para-hydroxylation sites is 1. The van der Waals surface area contributed by atoms with Crippen molar-refractivity contribution in [3.05, 3.63) is 69.1 Å². The molecule has 1 aliphatic rings. The number of thioether (sulfide) groups is 1. The van der Waals surface area contributed by atoms with Gasteiger partial charge in [-0.15, -0.1) is 0 Å². The number of nitrogens with zero attached hydrogens (tertiary/aromatic N) is 1. The third kappa shape index (κ3) is 4.32. The zero-order valence-corrected chi connectivity index (χ0v) is 15.8. The van der Waals surface area contributed by atoms with Crippen LogP contribution in [0.25, 0.3) is 6.08 Å². The van der Waals surface area contributed by atoms with Crippen LogP contribution in [0.15, 0.2) is 58.3 Å². The van der Waals surface area contributed by atoms with Gasteiger partial charge >= 0.3 is 10.1 Å². The normalized spacial score (nSPS) is 15.6. The summed E-state index contributed by atoms with van der Waals surface area (Å²) in [5, 5.41) is 13.2. The van der Waals surface area contributed by atoms with Crippen molar-refractivity contribution in [1.29, 1.82) is 0 Å². The van der Waals surface area contributed by atoms with Crippen LogP contribution < -0.4 is 9.50 Å². The summed E-state index contributed by atoms with van der Waals surface area (Å²) in [5.74, 6) is -0.368. The fourth-order valence-electron chi connectivity index (χ4n) is 2.14. The summed E-state index contributed by atoms with van der Waals surface area (Å²) < 4.78 is 30.4. The van der Waals surface area contributed by atoms with Crippen LogP contribution in [-0.4, -0.2) is 23.6 Å². The van der Waals surface area contributed by atoms with E-state index in [1.54, 1.807) is 18.2 Å². The summed E-state index contributed by atoms with van der Waals surface area (Å²) in [7, 11) is -4.22. The van der Waals surface area contributed by atoms with Crippen LogP contribution in [-0.2, 0) is 14.9 Å². The molecule has 1 amide bonds. The van der Waals surface area contributed by atoms with Crippen LogP contribution in [0.5, 0.6) is 5.75 Å². The molecule has 11 heteroatoms. The van der Waals surface area contributed by atoms with Crippen molar-refractivity contribution < 1.29 is 22.3 Å². The van der Waals surface area contributed by atoms with E-state index in [4.69, 9.17) is 16.4 Å². The lowest BCUT2D eigenvalue weighted by atomic mass is 10.2. The molecule has 2 aromatic rings. The van der Waals surface area contributed by atoms with E-state index < -0.39 is 15.0 Å². The molecule has 1 aliphatic heterocycles. The summed E-state index contributed by atoms with van der Waals surface area (Å²) in [6, 6.07) is 10.6. The van der Waals surface area contributed by atoms with Crippen molar-refractivity contribution >= 4 is 56.1 Å². The topological polar surface area (TPSA) is 116 Å². The van der Waals surface area contributed by atoms with Gasteiger partial charge in [0.15, 0.2) is 0 Å². The maximum absolute atomic E-state index is 12.5. The molecular formula is C16H10N2O6S3. The van der Waals surface area contributed by atoms with Crippen molar-refractivity contribution in [2.45, 2.75) is 4.90 Å². The van der Waals surface area contributed by atoms with E-state index in [1.807, 2.05) is 0 Å². The molecule has 1 saturated heterocycles. The molecule has 1 fully saturated rings. The molecule has 0 aromatic heterocycles. The number of thiocarbonyl (C=S) groups is 1. The first-order valence-corrected chi connectivity index (χ1v) is 9.92. The van der Waals surface area contributed by atoms with Gasteiger partial charge in [0.05, 0.1) is 9.83 Å². The first-order valence-electron chi connectivity index (χ1n) is 7.29. The summed E-state index contributed by atoms with van der Waals surface area (Å²) in [6.45, 7) is 0. The van der Waals surface area contributed by atoms with Crippen molar-refractivity contribution in [2.24, 2.45) is 0 Å². The fraction of sp³-hybridized carbons (Fsp3) is 0. The first kappa shape index (κ1) is 19.0. The largest absolute Gasteiger partial charge is 0.378 e. The number of carbonyl (C=O) groups excluding carboxylic acids is 1. The second-order valence-corrected chi connectivity index (χ2v) is 8.44. The number of hydrogen-bond acceptors (Lipinski definition) is 8. The number of nitro groups is 1. The number of carbonyl (C=O) groups is 1. The van der Waals surface area contributed by atoms with Gasteiger partial charge in [-0.1, -0.05) is 42.2 Å². The zero-order valence-electron chi connectivity index (χ0n) is 13.3. The highest BCUT2D eigenvalue weighted by molar-refractivity contribution is 8.26. The first-order chi connectivity index (χ1) is 12.8. The summed E-state index contributed by atoms with van der Waals surface area (Å²) in [6.07, 6.45) is 1.47. The highest BCUT2D eigenvalue weighted by Gasteiger charge is 2.24. The Morgan fingerprint density at radius 2 is 1.81 bits per heavy atom. The third-order valence-electron chi connectivity index (χ3n) is 3.38. The third-order valence-corrected chi connectivity index (χ3v) is 5.79. The smallest absolute Gasteiger partial charge is 0.339 e. The molecule has 0 radical (unpaired) electrons. The van der Waals surface area contributed by atoms with Gasteiger partial charge in [-0.2, -0.15) is 8.42 Å². The van der Waals surface area contributed by atoms with Gasteiger partial charge in [-0.05, 0) is 24.3 Å². The molecule has 0 spiro atoms. The van der Waals surface area contributed by atoms with E-state index >= 15 is 0 Å². The zero-order chi connectivity index (χ0) is 19.6. The Hall–Kier alpha value is -2.76. The molecule has 0 unspecified atom stereocenters. The van der Waals surface area contributed by atoms with Gasteiger partial charge < -0.3 is 9.50 Å². The summed E-state index contributed by atoms with van der Waals surface area (Å²) >= 11 is 5.98. The molecule has 3 rings (SSSR count). The molecule has 0 bridgehead atoms. The fourth-order valence-corrected chi connectivity index (χ4v) is 4.13. The molecule has 2 aromatic carbocycles. The molecule has 138 valence electrons. The van der Waals surface area contributed by atoms with Gasteiger partial charge in [0.2, 0.25) is 0 Å². The minimum Gasteiger partial charge on any atom is -0.378 e. The SMILES string of the molecule is O=C1NC(=S)S/C1=C\c1ccccc1OS(=O)(=O)c1ccc([N+](=O)[O-])cc1. The molecule has 1 N–H and O–H groups in total. The summed E-state index contributed by atoms with van der Waals surface area (Å²) in [5.41, 5.74) is 0.129. The van der Waals surface area contributed by atoms with E-state index in [2.05, 4.69) is 5.32 Å². The quantitative estimate of drug-likeness (QED) is 0.257. The van der Waals surface area contributed by atoms with Crippen molar-refractivity contribution in [3.63, 3.8) is 0 Å². The predicted molar refractivity (Wildman–Crippen MR) is 104 cm³/mol. The lowest BCUT2D eigenvalue weighted by Crippen LogP contribution is -2.17. The average molecular weight is 422 g/mol. The maximum atomic E-state index is 12.5. The van der Waals surface area contributed by atoms with Crippen LogP contribution >= 0.6 is 24.0 Å². The molecular weight excluding hydrogens is 412 g/mol. The maximum Gasteiger partial charge on any atom is 0.339 e. The van der Waals surface area contributed by atoms with Crippen molar-refractivity contribution in [3.8, 4) is 5.75 Å². The van der Waals surface area contributed by atoms with E-state index in [0.717, 1.165) is 36.0 Å². The van der Waals surface area contributed by atoms with Gasteiger partial charge in [-0.3, -0.25) is 14.9 Å². The Morgan fingerprint density at radius 3 is 2.41 bits per heavy atom. The van der Waals surface area contributed by atoms with E-state index in [1.165, 1.54) is 12.1 Å². The Kier molecular flexibility index (Phi) is 5.26.